The molecule has 0 aromatic heterocycles. The van der Waals surface area contributed by atoms with Gasteiger partial charge in [0.1, 0.15) is 13.7 Å². The summed E-state index contributed by atoms with van der Waals surface area (Å²) in [6, 6.07) is 0. The van der Waals surface area contributed by atoms with E-state index in [1.807, 2.05) is 7.11 Å². The molecule has 1 unspecified atom stereocenters. The summed E-state index contributed by atoms with van der Waals surface area (Å²) in [5.74, 6) is 0. The molecule has 53 valence electrons. The van der Waals surface area contributed by atoms with Gasteiger partial charge in [0.05, 0.1) is 0 Å². The zero-order chi connectivity index (χ0) is 5.70. The van der Waals surface area contributed by atoms with Crippen molar-refractivity contribution in [3.8, 4) is 0 Å². The van der Waals surface area contributed by atoms with Crippen molar-refractivity contribution < 1.29 is 23.8 Å². The molecule has 3 heteroatoms. The third-order valence-electron chi connectivity index (χ3n) is 0.697. The Labute approximate surface area is 66.8 Å². The normalized spacial score (nSPS) is 9.00. The van der Waals surface area contributed by atoms with Crippen LogP contribution in [0.3, 0.4) is 0 Å². The molecule has 0 aliphatic rings. The summed E-state index contributed by atoms with van der Waals surface area (Å²) < 4.78 is 2.60. The molecule has 0 saturated heterocycles. The quantitative estimate of drug-likeness (QED) is 0.293. The van der Waals surface area contributed by atoms with Crippen molar-refractivity contribution in [1.29, 1.82) is 0 Å². The predicted octanol–water partition coefficient (Wildman–Crippen LogP) is 1.22. The van der Waals surface area contributed by atoms with E-state index in [4.69, 9.17) is 0 Å². The molecular weight excluding hydrogens is 210 g/mol. The SMILES string of the molecule is [CH2-][O+](C)CCCP.[Rh]. The standard InChI is InChI=1S/C5H13OP.Rh/c1-6(2)4-3-5-7;/h1,3-5,7H2,2H3;. The maximum Gasteiger partial charge on any atom is 0.120 e. The van der Waals surface area contributed by atoms with Gasteiger partial charge in [-0.25, -0.2) is 0 Å². The van der Waals surface area contributed by atoms with E-state index in [0.717, 1.165) is 12.8 Å². The molecule has 0 bridgehead atoms. The average molecular weight is 223 g/mol. The summed E-state index contributed by atoms with van der Waals surface area (Å²) in [5, 5.41) is 0. The van der Waals surface area contributed by atoms with Gasteiger partial charge < -0.3 is 4.37 Å². The first kappa shape index (κ1) is 11.8. The van der Waals surface area contributed by atoms with Gasteiger partial charge in [-0.3, -0.25) is 0 Å². The van der Waals surface area contributed by atoms with Crippen LogP contribution in [0.1, 0.15) is 6.42 Å². The summed E-state index contributed by atoms with van der Waals surface area (Å²) in [6.45, 7) is 1.02. The smallest absolute Gasteiger partial charge is 0.120 e. The zero-order valence-electron chi connectivity index (χ0n) is 5.15. The summed E-state index contributed by atoms with van der Waals surface area (Å²) in [5.41, 5.74) is 0. The van der Waals surface area contributed by atoms with Gasteiger partial charge in [-0.1, -0.05) is 7.11 Å². The Balaban J connectivity index is 0. The zero-order valence-corrected chi connectivity index (χ0v) is 7.94. The van der Waals surface area contributed by atoms with Crippen molar-refractivity contribution in [2.45, 2.75) is 6.42 Å². The Hall–Kier alpha value is 1.01. The summed E-state index contributed by atoms with van der Waals surface area (Å²) in [4.78, 5) is 0. The molecule has 0 heterocycles. The van der Waals surface area contributed by atoms with Crippen molar-refractivity contribution in [3.05, 3.63) is 7.11 Å². The molecule has 0 N–H and O–H groups in total. The van der Waals surface area contributed by atoms with Gasteiger partial charge >= 0.3 is 0 Å². The minimum atomic E-state index is 0. The largest absolute Gasteiger partial charge is 0.573 e. The molecule has 0 aliphatic carbocycles. The van der Waals surface area contributed by atoms with Gasteiger partial charge in [0.25, 0.3) is 0 Å². The molecule has 0 saturated carbocycles. The third-order valence-corrected chi connectivity index (χ3v) is 1.11. The van der Waals surface area contributed by atoms with E-state index in [2.05, 4.69) is 20.7 Å². The Bertz CT molecular complexity index is 41.4. The first-order valence-corrected chi connectivity index (χ1v) is 3.21. The monoisotopic (exact) mass is 223 g/mol. The van der Waals surface area contributed by atoms with E-state index in [9.17, 15) is 0 Å². The number of rotatable bonds is 3. The van der Waals surface area contributed by atoms with Gasteiger partial charge in [0.2, 0.25) is 0 Å². The van der Waals surface area contributed by atoms with E-state index in [1.165, 1.54) is 6.42 Å². The van der Waals surface area contributed by atoms with Crippen molar-refractivity contribution in [3.63, 3.8) is 0 Å². The predicted molar refractivity (Wildman–Crippen MR) is 36.4 cm³/mol. The van der Waals surface area contributed by atoms with Gasteiger partial charge in [0, 0.05) is 25.9 Å². The second kappa shape index (κ2) is 8.01. The molecule has 0 rings (SSSR count). The molecule has 0 amide bonds. The van der Waals surface area contributed by atoms with Crippen LogP contribution >= 0.6 is 9.24 Å². The van der Waals surface area contributed by atoms with E-state index in [0.29, 0.717) is 0 Å². The van der Waals surface area contributed by atoms with Crippen LogP contribution in [-0.2, 0) is 23.8 Å². The number of hydrogen-bond acceptors (Lipinski definition) is 0. The van der Waals surface area contributed by atoms with Crippen LogP contribution in [0.5, 0.6) is 0 Å². The topological polar surface area (TPSA) is 2.70 Å². The summed E-state index contributed by atoms with van der Waals surface area (Å²) in [7, 11) is 8.20. The minimum absolute atomic E-state index is 0. The molecule has 1 radical (unpaired) electrons. The van der Waals surface area contributed by atoms with Crippen molar-refractivity contribution >= 4 is 9.24 Å². The van der Waals surface area contributed by atoms with E-state index >= 15 is 0 Å². The minimum Gasteiger partial charge on any atom is -0.573 e. The van der Waals surface area contributed by atoms with Crippen LogP contribution in [0.15, 0.2) is 0 Å². The maximum atomic E-state index is 3.62. The molecule has 1 atom stereocenters. The van der Waals surface area contributed by atoms with Gasteiger partial charge in [-0.2, -0.15) is 0 Å². The molecular formula is C5H13OPRh. The van der Waals surface area contributed by atoms with Crippen LogP contribution in [-0.4, -0.2) is 19.9 Å². The van der Waals surface area contributed by atoms with Crippen molar-refractivity contribution in [2.75, 3.05) is 19.9 Å². The Morgan fingerprint density at radius 2 is 2.12 bits per heavy atom. The molecule has 0 aliphatic heterocycles. The molecule has 0 aromatic rings. The van der Waals surface area contributed by atoms with Crippen molar-refractivity contribution in [2.24, 2.45) is 0 Å². The summed E-state index contributed by atoms with van der Waals surface area (Å²) in [6.07, 6.45) is 2.35. The number of hydrogen-bond donors (Lipinski definition) is 0. The molecule has 1 nitrogen and oxygen atoms in total. The molecule has 8 heavy (non-hydrogen) atoms. The van der Waals surface area contributed by atoms with E-state index < -0.39 is 0 Å². The van der Waals surface area contributed by atoms with Gasteiger partial charge in [0.15, 0.2) is 0 Å². The fourth-order valence-corrected chi connectivity index (χ4v) is 0.496. The Morgan fingerprint density at radius 1 is 1.62 bits per heavy atom. The van der Waals surface area contributed by atoms with Gasteiger partial charge in [-0.15, -0.1) is 9.24 Å². The molecule has 0 spiro atoms. The van der Waals surface area contributed by atoms with Crippen LogP contribution < -0.4 is 0 Å². The summed E-state index contributed by atoms with van der Waals surface area (Å²) >= 11 is 0. The van der Waals surface area contributed by atoms with E-state index in [-0.39, 0.29) is 19.5 Å². The molecule has 0 aromatic carbocycles. The first-order chi connectivity index (χ1) is 3.27. The van der Waals surface area contributed by atoms with Crippen LogP contribution in [0, 0.1) is 7.11 Å². The van der Waals surface area contributed by atoms with Gasteiger partial charge in [-0.05, 0) is 6.16 Å². The Morgan fingerprint density at radius 3 is 2.25 bits per heavy atom. The van der Waals surface area contributed by atoms with Crippen LogP contribution in [0.25, 0.3) is 0 Å². The molecule has 0 fully saturated rings. The van der Waals surface area contributed by atoms with Crippen LogP contribution in [0.4, 0.5) is 0 Å². The fourth-order valence-electron chi connectivity index (χ4n) is 0.330. The Kier molecular flexibility index (Phi) is 11.8. The third kappa shape index (κ3) is 10.1. The maximum absolute atomic E-state index is 3.62. The second-order valence-corrected chi connectivity index (χ2v) is 2.21. The fraction of sp³-hybridized carbons (Fsp3) is 0.800. The second-order valence-electron chi connectivity index (χ2n) is 1.63. The van der Waals surface area contributed by atoms with Crippen molar-refractivity contribution in [1.82, 2.24) is 0 Å². The average Bonchev–Trinajstić information content (AvgIpc) is 1.61. The van der Waals surface area contributed by atoms with E-state index in [1.54, 1.807) is 0 Å². The van der Waals surface area contributed by atoms with Crippen LogP contribution in [0.2, 0.25) is 0 Å². The first-order valence-electron chi connectivity index (χ1n) is 2.39.